The van der Waals surface area contributed by atoms with Crippen LogP contribution >= 0.6 is 12.2 Å². The van der Waals surface area contributed by atoms with Crippen LogP contribution in [0.25, 0.3) is 6.08 Å². The number of anilines is 1. The molecule has 0 spiro atoms. The third-order valence-corrected chi connectivity index (χ3v) is 4.70. The van der Waals surface area contributed by atoms with E-state index in [1.807, 2.05) is 30.3 Å². The second kappa shape index (κ2) is 8.18. The van der Waals surface area contributed by atoms with E-state index in [2.05, 4.69) is 5.32 Å². The van der Waals surface area contributed by atoms with Gasteiger partial charge in [-0.05, 0) is 60.8 Å². The second-order valence-corrected chi connectivity index (χ2v) is 6.81. The van der Waals surface area contributed by atoms with Crippen molar-refractivity contribution >= 4 is 40.9 Å². The van der Waals surface area contributed by atoms with Crippen LogP contribution in [0.2, 0.25) is 0 Å². The highest BCUT2D eigenvalue weighted by atomic mass is 32.1. The summed E-state index contributed by atoms with van der Waals surface area (Å²) in [5.41, 5.74) is 0.707. The quantitative estimate of drug-likeness (QED) is 0.382. The highest BCUT2D eigenvalue weighted by Crippen LogP contribution is 2.28. The van der Waals surface area contributed by atoms with E-state index in [4.69, 9.17) is 17.0 Å². The SMILES string of the molecule is O=C1NC(=S)N(c2ccc(Oc3ccccc3)cc2)C(=O)/C1=C/c1ccccc1O. The molecule has 1 fully saturated rings. The molecule has 2 amide bonds. The third-order valence-electron chi connectivity index (χ3n) is 4.41. The Kier molecular flexibility index (Phi) is 5.28. The number of phenols is 1. The summed E-state index contributed by atoms with van der Waals surface area (Å²) in [5.74, 6) is 0.0503. The number of carbonyl (C=O) groups is 2. The van der Waals surface area contributed by atoms with Crippen LogP contribution in [0.3, 0.4) is 0 Å². The predicted molar refractivity (Wildman–Crippen MR) is 117 cm³/mol. The van der Waals surface area contributed by atoms with E-state index in [1.165, 1.54) is 17.0 Å². The maximum absolute atomic E-state index is 13.0. The molecular formula is C23H16N2O4S. The number of carbonyl (C=O) groups excluding carboxylic acids is 2. The number of thiocarbonyl (C=S) groups is 1. The van der Waals surface area contributed by atoms with Crippen molar-refractivity contribution in [3.8, 4) is 17.2 Å². The fourth-order valence-corrected chi connectivity index (χ4v) is 3.23. The van der Waals surface area contributed by atoms with Crippen LogP contribution in [-0.2, 0) is 9.59 Å². The van der Waals surface area contributed by atoms with Crippen LogP contribution in [0, 0.1) is 0 Å². The molecule has 30 heavy (non-hydrogen) atoms. The van der Waals surface area contributed by atoms with Crippen LogP contribution in [-0.4, -0.2) is 22.0 Å². The average Bonchev–Trinajstić information content (AvgIpc) is 2.74. The third kappa shape index (κ3) is 3.92. The van der Waals surface area contributed by atoms with Gasteiger partial charge in [-0.3, -0.25) is 19.8 Å². The zero-order valence-corrected chi connectivity index (χ0v) is 16.4. The number of phenolic OH excluding ortho intramolecular Hbond substituents is 1. The Bertz CT molecular complexity index is 1160. The van der Waals surface area contributed by atoms with Gasteiger partial charge in [-0.25, -0.2) is 0 Å². The van der Waals surface area contributed by atoms with Gasteiger partial charge in [0.25, 0.3) is 11.8 Å². The summed E-state index contributed by atoms with van der Waals surface area (Å²) >= 11 is 5.21. The number of hydrogen-bond acceptors (Lipinski definition) is 5. The Labute approximate surface area is 178 Å². The lowest BCUT2D eigenvalue weighted by Gasteiger charge is -2.29. The molecule has 0 bridgehead atoms. The summed E-state index contributed by atoms with van der Waals surface area (Å²) < 4.78 is 5.76. The predicted octanol–water partition coefficient (Wildman–Crippen LogP) is 4.02. The largest absolute Gasteiger partial charge is 0.507 e. The van der Waals surface area contributed by atoms with E-state index in [0.29, 0.717) is 22.7 Å². The van der Waals surface area contributed by atoms with E-state index < -0.39 is 11.8 Å². The number of aromatic hydroxyl groups is 1. The molecule has 1 aliphatic rings. The fourth-order valence-electron chi connectivity index (χ4n) is 2.94. The second-order valence-electron chi connectivity index (χ2n) is 6.43. The van der Waals surface area contributed by atoms with E-state index in [-0.39, 0.29) is 16.4 Å². The minimum absolute atomic E-state index is 0.0174. The van der Waals surface area contributed by atoms with Crippen LogP contribution in [0.5, 0.6) is 17.2 Å². The van der Waals surface area contributed by atoms with Crippen LogP contribution in [0.1, 0.15) is 5.56 Å². The molecule has 4 rings (SSSR count). The normalized spacial score (nSPS) is 15.3. The van der Waals surface area contributed by atoms with Gasteiger partial charge in [-0.2, -0.15) is 0 Å². The van der Waals surface area contributed by atoms with E-state index in [0.717, 1.165) is 0 Å². The number of rotatable bonds is 4. The Morgan fingerprint density at radius 1 is 0.867 bits per heavy atom. The Balaban J connectivity index is 1.61. The number of nitrogens with one attached hydrogen (secondary N) is 1. The van der Waals surface area contributed by atoms with E-state index in [1.54, 1.807) is 42.5 Å². The highest BCUT2D eigenvalue weighted by molar-refractivity contribution is 7.80. The standard InChI is InChI=1S/C23H16N2O4S/c26-20-9-5-4-6-15(20)14-19-21(27)24-23(30)25(22(19)28)16-10-12-18(13-11-16)29-17-7-2-1-3-8-17/h1-14,26H,(H,24,27,30)/b19-14+. The molecule has 1 heterocycles. The number of nitrogens with zero attached hydrogens (tertiary/aromatic N) is 1. The molecule has 1 saturated heterocycles. The zero-order valence-electron chi connectivity index (χ0n) is 15.6. The van der Waals surface area contributed by atoms with Gasteiger partial charge in [-0.1, -0.05) is 36.4 Å². The first-order valence-corrected chi connectivity index (χ1v) is 9.46. The molecule has 3 aromatic carbocycles. The molecule has 0 unspecified atom stereocenters. The van der Waals surface area contributed by atoms with Gasteiger partial charge in [0.05, 0.1) is 5.69 Å². The minimum Gasteiger partial charge on any atom is -0.507 e. The molecule has 0 aliphatic carbocycles. The maximum atomic E-state index is 13.0. The number of para-hydroxylation sites is 2. The summed E-state index contributed by atoms with van der Waals surface area (Å²) in [6.07, 6.45) is 1.34. The average molecular weight is 416 g/mol. The first-order valence-electron chi connectivity index (χ1n) is 9.05. The smallest absolute Gasteiger partial charge is 0.270 e. The molecule has 3 aromatic rings. The lowest BCUT2D eigenvalue weighted by Crippen LogP contribution is -2.54. The van der Waals surface area contributed by atoms with Crippen molar-refractivity contribution in [2.45, 2.75) is 0 Å². The van der Waals surface area contributed by atoms with Crippen molar-refractivity contribution in [2.75, 3.05) is 4.90 Å². The van der Waals surface area contributed by atoms with Crippen molar-refractivity contribution in [3.05, 3.63) is 90.0 Å². The summed E-state index contributed by atoms with van der Waals surface area (Å²) in [7, 11) is 0. The summed E-state index contributed by atoms with van der Waals surface area (Å²) in [4.78, 5) is 26.6. The Morgan fingerprint density at radius 2 is 1.50 bits per heavy atom. The first kappa shape index (κ1) is 19.4. The molecular weight excluding hydrogens is 400 g/mol. The van der Waals surface area contributed by atoms with Gasteiger partial charge in [0.2, 0.25) is 0 Å². The summed E-state index contributed by atoms with van der Waals surface area (Å²) in [6, 6.07) is 22.5. The topological polar surface area (TPSA) is 78.9 Å². The molecule has 0 atom stereocenters. The zero-order chi connectivity index (χ0) is 21.1. The number of ether oxygens (including phenoxy) is 1. The van der Waals surface area contributed by atoms with Crippen molar-refractivity contribution in [2.24, 2.45) is 0 Å². The van der Waals surface area contributed by atoms with Crippen LogP contribution in [0.15, 0.2) is 84.4 Å². The molecule has 1 aliphatic heterocycles. The molecule has 0 saturated carbocycles. The monoisotopic (exact) mass is 416 g/mol. The molecule has 0 radical (unpaired) electrons. The van der Waals surface area contributed by atoms with Crippen LogP contribution < -0.4 is 15.0 Å². The lowest BCUT2D eigenvalue weighted by atomic mass is 10.1. The first-order chi connectivity index (χ1) is 14.5. The van der Waals surface area contributed by atoms with Crippen molar-refractivity contribution < 1.29 is 19.4 Å². The Hall–Kier alpha value is -3.97. The molecule has 2 N–H and O–H groups in total. The minimum atomic E-state index is -0.617. The maximum Gasteiger partial charge on any atom is 0.270 e. The summed E-state index contributed by atoms with van der Waals surface area (Å²) in [6.45, 7) is 0. The molecule has 148 valence electrons. The summed E-state index contributed by atoms with van der Waals surface area (Å²) in [5, 5.41) is 12.5. The Morgan fingerprint density at radius 3 is 2.20 bits per heavy atom. The van der Waals surface area contributed by atoms with Gasteiger partial charge in [-0.15, -0.1) is 0 Å². The lowest BCUT2D eigenvalue weighted by molar-refractivity contribution is -0.122. The van der Waals surface area contributed by atoms with Gasteiger partial charge in [0, 0.05) is 5.56 Å². The molecule has 7 heteroatoms. The molecule has 6 nitrogen and oxygen atoms in total. The van der Waals surface area contributed by atoms with Crippen molar-refractivity contribution in [3.63, 3.8) is 0 Å². The number of hydrogen-bond donors (Lipinski definition) is 2. The van der Waals surface area contributed by atoms with Crippen molar-refractivity contribution in [1.29, 1.82) is 0 Å². The van der Waals surface area contributed by atoms with E-state index in [9.17, 15) is 14.7 Å². The van der Waals surface area contributed by atoms with Gasteiger partial charge in [0.15, 0.2) is 5.11 Å². The van der Waals surface area contributed by atoms with Gasteiger partial charge >= 0.3 is 0 Å². The molecule has 0 aromatic heterocycles. The van der Waals surface area contributed by atoms with Crippen LogP contribution in [0.4, 0.5) is 5.69 Å². The number of amides is 2. The van der Waals surface area contributed by atoms with Gasteiger partial charge < -0.3 is 9.84 Å². The van der Waals surface area contributed by atoms with E-state index >= 15 is 0 Å². The van der Waals surface area contributed by atoms with Gasteiger partial charge in [0.1, 0.15) is 22.8 Å². The fraction of sp³-hybridized carbons (Fsp3) is 0. The van der Waals surface area contributed by atoms with Crippen molar-refractivity contribution in [1.82, 2.24) is 5.32 Å². The number of benzene rings is 3. The highest BCUT2D eigenvalue weighted by Gasteiger charge is 2.34.